The molecule has 1 fully saturated rings. The zero-order chi connectivity index (χ0) is 20.6. The summed E-state index contributed by atoms with van der Waals surface area (Å²) < 4.78 is 42.2. The molecule has 1 aliphatic heterocycles. The first-order valence-electron chi connectivity index (χ1n) is 8.86. The van der Waals surface area contributed by atoms with Crippen molar-refractivity contribution in [3.8, 4) is 0 Å². The highest BCUT2D eigenvalue weighted by Gasteiger charge is 2.62. The summed E-state index contributed by atoms with van der Waals surface area (Å²) in [6.45, 7) is 21.7. The minimum atomic E-state index is -3.38. The topological polar surface area (TPSA) is 84.8 Å². The average molecular weight is 493 g/mol. The van der Waals surface area contributed by atoms with Crippen LogP contribution in [0.15, 0.2) is 0 Å². The predicted octanol–water partition coefficient (Wildman–Crippen LogP) is 2.18. The summed E-state index contributed by atoms with van der Waals surface area (Å²) in [5, 5.41) is 0. The van der Waals surface area contributed by atoms with Crippen molar-refractivity contribution in [2.24, 2.45) is 0 Å². The normalized spacial score (nSPS) is 36.0. The van der Waals surface area contributed by atoms with Crippen LogP contribution in [-0.2, 0) is 28.8 Å². The summed E-state index contributed by atoms with van der Waals surface area (Å²) in [6.07, 6.45) is 0. The van der Waals surface area contributed by atoms with Gasteiger partial charge in [-0.2, -0.15) is 0 Å². The third-order valence-electron chi connectivity index (χ3n) is 2.89. The Morgan fingerprint density at radius 3 is 1.73 bits per heavy atom. The van der Waals surface area contributed by atoms with Crippen molar-refractivity contribution in [1.29, 1.82) is 0 Å². The maximum atomic E-state index is 10.6. The fourth-order valence-corrected chi connectivity index (χ4v) is 29.5. The summed E-state index contributed by atoms with van der Waals surface area (Å²) in [5.41, 5.74) is 0. The number of hydrogen-bond donors (Lipinski definition) is 1. The van der Waals surface area contributed by atoms with Gasteiger partial charge in [0.2, 0.25) is 0 Å². The van der Waals surface area contributed by atoms with Crippen LogP contribution in [0.25, 0.3) is 0 Å². The first-order chi connectivity index (χ1) is 11.3. The Kier molecular flexibility index (Phi) is 8.26. The highest BCUT2D eigenvalue weighted by molar-refractivity contribution is 6.92. The Hall–Kier alpha value is 1.20. The van der Waals surface area contributed by atoms with E-state index in [9.17, 15) is 4.80 Å². The van der Waals surface area contributed by atoms with E-state index >= 15 is 0 Å². The van der Waals surface area contributed by atoms with Crippen molar-refractivity contribution in [2.45, 2.75) is 72.0 Å². The van der Waals surface area contributed by atoms with Crippen LogP contribution in [0.3, 0.4) is 0 Å². The third kappa shape index (κ3) is 9.60. The third-order valence-corrected chi connectivity index (χ3v) is 26.1. The van der Waals surface area contributed by atoms with Gasteiger partial charge in [0, 0.05) is 19.6 Å². The lowest BCUT2D eigenvalue weighted by Gasteiger charge is -2.47. The van der Waals surface area contributed by atoms with E-state index in [2.05, 4.69) is 39.3 Å². The molecule has 5 atom stereocenters. The van der Waals surface area contributed by atoms with Gasteiger partial charge in [0.1, 0.15) is 0 Å². The molecule has 0 aromatic heterocycles. The van der Waals surface area contributed by atoms with E-state index in [1.165, 1.54) is 0 Å². The molecule has 5 unspecified atom stereocenters. The smallest absolute Gasteiger partial charge is 0.439 e. The lowest BCUT2D eigenvalue weighted by atomic mass is 11.8. The maximum Gasteiger partial charge on any atom is 0.480 e. The fraction of sp³-hybridized carbons (Fsp3) is 1.00. The highest BCUT2D eigenvalue weighted by Crippen LogP contribution is 2.32. The fourth-order valence-electron chi connectivity index (χ4n) is 2.86. The van der Waals surface area contributed by atoms with Gasteiger partial charge in [-0.25, -0.2) is 0 Å². The van der Waals surface area contributed by atoms with Crippen molar-refractivity contribution < 1.29 is 33.6 Å². The van der Waals surface area contributed by atoms with Crippen LogP contribution >= 0.6 is 0 Å². The molecule has 1 heterocycles. The molecule has 0 saturated carbocycles. The molecule has 0 aromatic carbocycles. The second-order valence-corrected chi connectivity index (χ2v) is 31.0. The van der Waals surface area contributed by atoms with E-state index in [0.29, 0.717) is 0 Å². The SMILES string of the molecule is C[SiH](O[SiH](C)O[Si]1(C)O[Si](C)(O)O[Si](C)(O[Si](C)(C)C)O1)O[Si](C)(C)C. The summed E-state index contributed by atoms with van der Waals surface area (Å²) in [6, 6.07) is 0. The molecule has 8 nitrogen and oxygen atoms in total. The molecule has 15 heteroatoms. The molecule has 1 N–H and O–H groups in total. The summed E-state index contributed by atoms with van der Waals surface area (Å²) >= 11 is 0. The monoisotopic (exact) mass is 492 g/mol. The average Bonchev–Trinajstić information content (AvgIpc) is 2.14. The largest absolute Gasteiger partial charge is 0.480 e. The molecule has 0 bridgehead atoms. The summed E-state index contributed by atoms with van der Waals surface area (Å²) in [7, 11) is -17.0. The van der Waals surface area contributed by atoms with E-state index < -0.39 is 61.6 Å². The molecule has 0 aliphatic carbocycles. The van der Waals surface area contributed by atoms with Crippen LogP contribution < -0.4 is 0 Å². The van der Waals surface area contributed by atoms with Gasteiger partial charge in [-0.3, -0.25) is 0 Å². The predicted molar refractivity (Wildman–Crippen MR) is 117 cm³/mol. The molecule has 0 radical (unpaired) electrons. The molecular weight excluding hydrogens is 457 g/mol. The van der Waals surface area contributed by atoms with E-state index in [-0.39, 0.29) is 0 Å². The standard InChI is InChI=1S/C11H36O8Si7/c1-20(14-22(3,4)5)13-21(2)15-25(10)17-24(9,12)18-26(11,19-25)16-23(6,7)8/h12,20-21H,1-11H3. The quantitative estimate of drug-likeness (QED) is 0.516. The Morgan fingerprint density at radius 1 is 0.769 bits per heavy atom. The molecule has 1 saturated heterocycles. The van der Waals surface area contributed by atoms with Gasteiger partial charge >= 0.3 is 35.7 Å². The number of hydrogen-bond acceptors (Lipinski definition) is 8. The van der Waals surface area contributed by atoms with Crippen LogP contribution in [0.5, 0.6) is 0 Å². The Morgan fingerprint density at radius 2 is 1.27 bits per heavy atom. The van der Waals surface area contributed by atoms with Crippen LogP contribution in [0.2, 0.25) is 72.0 Å². The minimum absolute atomic E-state index is 1.59. The van der Waals surface area contributed by atoms with Gasteiger partial charge in [0.15, 0.2) is 16.6 Å². The Labute approximate surface area is 167 Å². The molecule has 156 valence electrons. The van der Waals surface area contributed by atoms with Gasteiger partial charge in [0.25, 0.3) is 9.28 Å². The zero-order valence-electron chi connectivity index (χ0n) is 18.0. The molecule has 26 heavy (non-hydrogen) atoms. The second-order valence-electron chi connectivity index (χ2n) is 8.76. The van der Waals surface area contributed by atoms with E-state index in [1.54, 1.807) is 13.1 Å². The van der Waals surface area contributed by atoms with Crippen LogP contribution in [-0.4, -0.2) is 66.4 Å². The van der Waals surface area contributed by atoms with Crippen molar-refractivity contribution >= 4 is 61.6 Å². The second kappa shape index (κ2) is 8.52. The Bertz CT molecular complexity index is 480. The van der Waals surface area contributed by atoms with Gasteiger partial charge in [-0.05, 0) is 52.4 Å². The van der Waals surface area contributed by atoms with Gasteiger partial charge in [-0.15, -0.1) is 0 Å². The lowest BCUT2D eigenvalue weighted by Crippen LogP contribution is -2.72. The molecule has 1 rings (SSSR count). The van der Waals surface area contributed by atoms with Gasteiger partial charge in [-0.1, -0.05) is 0 Å². The van der Waals surface area contributed by atoms with Crippen molar-refractivity contribution in [1.82, 2.24) is 0 Å². The zero-order valence-corrected chi connectivity index (χ0v) is 25.3. The minimum Gasteiger partial charge on any atom is -0.439 e. The van der Waals surface area contributed by atoms with Crippen LogP contribution in [0.4, 0.5) is 0 Å². The highest BCUT2D eigenvalue weighted by atomic mass is 28.6. The Balaban J connectivity index is 2.82. The number of rotatable bonds is 8. The lowest BCUT2D eigenvalue weighted by molar-refractivity contribution is 0.0834. The van der Waals surface area contributed by atoms with Crippen LogP contribution in [0.1, 0.15) is 0 Å². The molecular formula is C11H36O8Si7. The van der Waals surface area contributed by atoms with Gasteiger partial charge < -0.3 is 33.6 Å². The molecule has 0 aromatic rings. The molecule has 0 spiro atoms. The van der Waals surface area contributed by atoms with Crippen molar-refractivity contribution in [3.05, 3.63) is 0 Å². The van der Waals surface area contributed by atoms with Crippen molar-refractivity contribution in [2.75, 3.05) is 0 Å². The first kappa shape index (κ1) is 25.2. The molecule has 1 aliphatic rings. The summed E-state index contributed by atoms with van der Waals surface area (Å²) in [4.78, 5) is 10.6. The van der Waals surface area contributed by atoms with E-state index in [0.717, 1.165) is 0 Å². The van der Waals surface area contributed by atoms with Crippen molar-refractivity contribution in [3.63, 3.8) is 0 Å². The van der Waals surface area contributed by atoms with E-state index in [1.807, 2.05) is 19.6 Å². The van der Waals surface area contributed by atoms with Gasteiger partial charge in [0.05, 0.1) is 0 Å². The first-order valence-corrected chi connectivity index (χ1v) is 26.6. The van der Waals surface area contributed by atoms with E-state index in [4.69, 9.17) is 28.8 Å². The maximum absolute atomic E-state index is 10.6. The van der Waals surface area contributed by atoms with Crippen LogP contribution in [0, 0.1) is 0 Å². The molecule has 0 amide bonds. The summed E-state index contributed by atoms with van der Waals surface area (Å²) in [5.74, 6) is 0.